The molecule has 1 aliphatic rings. The molecule has 6 nitrogen and oxygen atoms in total. The van der Waals surface area contributed by atoms with Crippen LogP contribution < -0.4 is 4.72 Å². The van der Waals surface area contributed by atoms with Gasteiger partial charge in [0.25, 0.3) is 0 Å². The van der Waals surface area contributed by atoms with E-state index in [0.717, 1.165) is 19.4 Å². The highest BCUT2D eigenvalue weighted by molar-refractivity contribution is 7.89. The summed E-state index contributed by atoms with van der Waals surface area (Å²) in [5.74, 6) is -0.656. The number of sulfonamides is 1. The summed E-state index contributed by atoms with van der Waals surface area (Å²) in [6.07, 6.45) is 1.74. The lowest BCUT2D eigenvalue weighted by molar-refractivity contribution is 0.0596. The first-order chi connectivity index (χ1) is 9.94. The van der Waals surface area contributed by atoms with E-state index in [-0.39, 0.29) is 16.5 Å². The minimum absolute atomic E-state index is 0.0370. The molecule has 7 heteroatoms. The number of nitrogens with zero attached hydrogens (tertiary/aromatic N) is 1. The van der Waals surface area contributed by atoms with Gasteiger partial charge in [0.15, 0.2) is 0 Å². The second-order valence-electron chi connectivity index (χ2n) is 5.21. The zero-order valence-corrected chi connectivity index (χ0v) is 13.0. The SMILES string of the molecule is COC(=O)c1ccccc1S(=O)(=O)NC1CCCN(C)C1. The van der Waals surface area contributed by atoms with Gasteiger partial charge >= 0.3 is 5.97 Å². The molecule has 2 rings (SSSR count). The summed E-state index contributed by atoms with van der Waals surface area (Å²) in [5, 5.41) is 0. The molecule has 116 valence electrons. The Kier molecular flexibility index (Phi) is 4.97. The van der Waals surface area contributed by atoms with Gasteiger partial charge in [0.1, 0.15) is 0 Å². The topological polar surface area (TPSA) is 75.7 Å². The quantitative estimate of drug-likeness (QED) is 0.834. The molecular weight excluding hydrogens is 292 g/mol. The van der Waals surface area contributed by atoms with E-state index in [1.165, 1.54) is 19.2 Å². The zero-order valence-electron chi connectivity index (χ0n) is 12.2. The fraction of sp³-hybridized carbons (Fsp3) is 0.500. The smallest absolute Gasteiger partial charge is 0.339 e. The first kappa shape index (κ1) is 15.9. The molecular formula is C14H20N2O4S. The molecule has 1 saturated heterocycles. The van der Waals surface area contributed by atoms with Crippen LogP contribution in [0.2, 0.25) is 0 Å². The van der Waals surface area contributed by atoms with Crippen molar-refractivity contribution in [2.24, 2.45) is 0 Å². The molecule has 1 heterocycles. The monoisotopic (exact) mass is 312 g/mol. The molecule has 0 amide bonds. The van der Waals surface area contributed by atoms with Crippen LogP contribution in [0.15, 0.2) is 29.2 Å². The van der Waals surface area contributed by atoms with Crippen LogP contribution in [-0.4, -0.2) is 52.6 Å². The van der Waals surface area contributed by atoms with Gasteiger partial charge in [-0.1, -0.05) is 12.1 Å². The molecule has 1 aromatic rings. The maximum absolute atomic E-state index is 12.5. The molecule has 0 aliphatic carbocycles. The van der Waals surface area contributed by atoms with Crippen LogP contribution in [0.4, 0.5) is 0 Å². The average Bonchev–Trinajstić information content (AvgIpc) is 2.46. The van der Waals surface area contributed by atoms with Crippen LogP contribution in [0.1, 0.15) is 23.2 Å². The molecule has 0 bridgehead atoms. The number of carbonyl (C=O) groups is 1. The number of rotatable bonds is 4. The molecule has 21 heavy (non-hydrogen) atoms. The van der Waals surface area contributed by atoms with Crippen LogP contribution >= 0.6 is 0 Å². The van der Waals surface area contributed by atoms with Gasteiger partial charge in [-0.25, -0.2) is 17.9 Å². The largest absolute Gasteiger partial charge is 0.465 e. The van der Waals surface area contributed by atoms with Gasteiger partial charge in [-0.15, -0.1) is 0 Å². The average molecular weight is 312 g/mol. The summed E-state index contributed by atoms with van der Waals surface area (Å²) in [6, 6.07) is 5.93. The molecule has 1 fully saturated rings. The van der Waals surface area contributed by atoms with Crippen LogP contribution in [0.3, 0.4) is 0 Å². The number of hydrogen-bond donors (Lipinski definition) is 1. The molecule has 1 aromatic carbocycles. The highest BCUT2D eigenvalue weighted by Gasteiger charge is 2.27. The van der Waals surface area contributed by atoms with E-state index in [0.29, 0.717) is 6.54 Å². The van der Waals surface area contributed by atoms with Crippen molar-refractivity contribution in [3.8, 4) is 0 Å². The van der Waals surface area contributed by atoms with Gasteiger partial charge in [0, 0.05) is 12.6 Å². The third kappa shape index (κ3) is 3.81. The van der Waals surface area contributed by atoms with Crippen molar-refractivity contribution in [1.82, 2.24) is 9.62 Å². The van der Waals surface area contributed by atoms with E-state index in [1.54, 1.807) is 12.1 Å². The number of nitrogens with one attached hydrogen (secondary N) is 1. The van der Waals surface area contributed by atoms with Gasteiger partial charge < -0.3 is 9.64 Å². The third-order valence-electron chi connectivity index (χ3n) is 3.53. The Labute approximate surface area is 125 Å². The lowest BCUT2D eigenvalue weighted by Gasteiger charge is -2.30. The van der Waals surface area contributed by atoms with Crippen molar-refractivity contribution in [1.29, 1.82) is 0 Å². The number of hydrogen-bond acceptors (Lipinski definition) is 5. The molecule has 0 radical (unpaired) electrons. The van der Waals surface area contributed by atoms with Gasteiger partial charge in [-0.2, -0.15) is 0 Å². The van der Waals surface area contributed by atoms with Crippen molar-refractivity contribution in [2.45, 2.75) is 23.8 Å². The summed E-state index contributed by atoms with van der Waals surface area (Å²) < 4.78 is 32.3. The molecule has 1 unspecified atom stereocenters. The first-order valence-corrected chi connectivity index (χ1v) is 8.30. The van der Waals surface area contributed by atoms with Crippen molar-refractivity contribution < 1.29 is 17.9 Å². The minimum Gasteiger partial charge on any atom is -0.465 e. The second kappa shape index (κ2) is 6.55. The van der Waals surface area contributed by atoms with E-state index in [1.807, 2.05) is 7.05 Å². The zero-order chi connectivity index (χ0) is 15.5. The van der Waals surface area contributed by atoms with E-state index in [9.17, 15) is 13.2 Å². The fourth-order valence-electron chi connectivity index (χ4n) is 2.53. The maximum Gasteiger partial charge on any atom is 0.339 e. The Hall–Kier alpha value is -1.44. The second-order valence-corrected chi connectivity index (χ2v) is 6.89. The molecule has 1 aliphatic heterocycles. The summed E-state index contributed by atoms with van der Waals surface area (Å²) >= 11 is 0. The van der Waals surface area contributed by atoms with Gasteiger partial charge in [-0.05, 0) is 38.6 Å². The number of piperidine rings is 1. The van der Waals surface area contributed by atoms with Gasteiger partial charge in [-0.3, -0.25) is 0 Å². The minimum atomic E-state index is -3.75. The molecule has 0 aromatic heterocycles. The van der Waals surface area contributed by atoms with Crippen LogP contribution in [0, 0.1) is 0 Å². The summed E-state index contributed by atoms with van der Waals surface area (Å²) in [6.45, 7) is 1.64. The van der Waals surface area contributed by atoms with Crippen LogP contribution in [0.5, 0.6) is 0 Å². The van der Waals surface area contributed by atoms with Crippen molar-refractivity contribution in [3.63, 3.8) is 0 Å². The number of ether oxygens (including phenoxy) is 1. The van der Waals surface area contributed by atoms with E-state index in [4.69, 9.17) is 0 Å². The van der Waals surface area contributed by atoms with Gasteiger partial charge in [0.2, 0.25) is 10.0 Å². The number of benzene rings is 1. The maximum atomic E-state index is 12.5. The number of carbonyl (C=O) groups excluding carboxylic acids is 1. The lowest BCUT2D eigenvalue weighted by atomic mass is 10.1. The third-order valence-corrected chi connectivity index (χ3v) is 5.11. The number of methoxy groups -OCH3 is 1. The van der Waals surface area contributed by atoms with Crippen LogP contribution in [0.25, 0.3) is 0 Å². The number of likely N-dealkylation sites (tertiary alicyclic amines) is 1. The Morgan fingerprint density at radius 1 is 1.38 bits per heavy atom. The Bertz CT molecular complexity index is 615. The molecule has 0 spiro atoms. The van der Waals surface area contributed by atoms with Crippen molar-refractivity contribution in [2.75, 3.05) is 27.2 Å². The van der Waals surface area contributed by atoms with Crippen LogP contribution in [-0.2, 0) is 14.8 Å². The van der Waals surface area contributed by atoms with Crippen molar-refractivity contribution >= 4 is 16.0 Å². The first-order valence-electron chi connectivity index (χ1n) is 6.82. The predicted octanol–water partition coefficient (Wildman–Crippen LogP) is 0.846. The van der Waals surface area contributed by atoms with E-state index >= 15 is 0 Å². The molecule has 1 N–H and O–H groups in total. The number of esters is 1. The fourth-order valence-corrected chi connectivity index (χ4v) is 3.98. The highest BCUT2D eigenvalue weighted by atomic mass is 32.2. The predicted molar refractivity (Wildman–Crippen MR) is 78.6 cm³/mol. The summed E-state index contributed by atoms with van der Waals surface area (Å²) in [5.41, 5.74) is 0.0525. The molecule has 1 atom stereocenters. The lowest BCUT2D eigenvalue weighted by Crippen LogP contribution is -2.46. The Morgan fingerprint density at radius 2 is 2.10 bits per heavy atom. The van der Waals surface area contributed by atoms with Gasteiger partial charge in [0.05, 0.1) is 17.6 Å². The standard InChI is InChI=1S/C14H20N2O4S/c1-16-9-5-6-11(10-16)15-21(18,19)13-8-4-3-7-12(13)14(17)20-2/h3-4,7-8,11,15H,5-6,9-10H2,1-2H3. The number of likely N-dealkylation sites (N-methyl/N-ethyl adjacent to an activating group) is 1. The Balaban J connectivity index is 2.25. The highest BCUT2D eigenvalue weighted by Crippen LogP contribution is 2.18. The summed E-state index contributed by atoms with van der Waals surface area (Å²) in [4.78, 5) is 13.8. The molecule has 0 saturated carbocycles. The normalized spacial score (nSPS) is 20.2. The summed E-state index contributed by atoms with van der Waals surface area (Å²) in [7, 11) is -0.554. The Morgan fingerprint density at radius 3 is 2.76 bits per heavy atom. The van der Waals surface area contributed by atoms with Crippen molar-refractivity contribution in [3.05, 3.63) is 29.8 Å². The van der Waals surface area contributed by atoms with E-state index < -0.39 is 16.0 Å². The van der Waals surface area contributed by atoms with E-state index in [2.05, 4.69) is 14.4 Å².